The Balaban J connectivity index is 2.10. The first-order valence-corrected chi connectivity index (χ1v) is 6.35. The van der Waals surface area contributed by atoms with Crippen molar-refractivity contribution >= 4 is 11.8 Å². The molecule has 1 unspecified atom stereocenters. The van der Waals surface area contributed by atoms with Gasteiger partial charge in [-0.25, -0.2) is 0 Å². The predicted octanol–water partition coefficient (Wildman–Crippen LogP) is -0.223. The van der Waals surface area contributed by atoms with Crippen LogP contribution in [0.4, 0.5) is 0 Å². The standard InChI is InChI=1S/C12H22N2O4/c1-3-14-11(15)9-10(12(14)16)13-5-4-6-18-8-7-17-2/h10,13H,3-9H2,1-2H3. The number of hydrogen-bond donors (Lipinski definition) is 1. The molecule has 1 saturated heterocycles. The van der Waals surface area contributed by atoms with E-state index in [0.717, 1.165) is 6.42 Å². The van der Waals surface area contributed by atoms with Crippen molar-refractivity contribution in [1.29, 1.82) is 0 Å². The fourth-order valence-electron chi connectivity index (χ4n) is 1.87. The van der Waals surface area contributed by atoms with E-state index in [1.54, 1.807) is 7.11 Å². The minimum atomic E-state index is -0.351. The zero-order chi connectivity index (χ0) is 13.4. The van der Waals surface area contributed by atoms with Crippen LogP contribution in [0.1, 0.15) is 19.8 Å². The topological polar surface area (TPSA) is 67.9 Å². The highest BCUT2D eigenvalue weighted by Gasteiger charge is 2.36. The molecule has 1 aliphatic rings. The molecule has 1 rings (SSSR count). The van der Waals surface area contributed by atoms with E-state index in [9.17, 15) is 9.59 Å². The number of likely N-dealkylation sites (N-methyl/N-ethyl adjacent to an activating group) is 1. The third-order valence-electron chi connectivity index (χ3n) is 2.85. The lowest BCUT2D eigenvalue weighted by Gasteiger charge is -2.13. The van der Waals surface area contributed by atoms with E-state index in [0.29, 0.717) is 32.9 Å². The van der Waals surface area contributed by atoms with E-state index in [2.05, 4.69) is 5.32 Å². The monoisotopic (exact) mass is 258 g/mol. The van der Waals surface area contributed by atoms with Crippen LogP contribution in [-0.4, -0.2) is 62.8 Å². The van der Waals surface area contributed by atoms with E-state index < -0.39 is 0 Å². The Kier molecular flexibility index (Phi) is 6.85. The normalized spacial score (nSPS) is 19.9. The minimum absolute atomic E-state index is 0.0867. The van der Waals surface area contributed by atoms with Crippen molar-refractivity contribution in [1.82, 2.24) is 10.2 Å². The van der Waals surface area contributed by atoms with E-state index in [1.807, 2.05) is 6.92 Å². The molecule has 1 N–H and O–H groups in total. The number of carbonyl (C=O) groups is 2. The van der Waals surface area contributed by atoms with E-state index in [4.69, 9.17) is 9.47 Å². The Morgan fingerprint density at radius 3 is 2.72 bits per heavy atom. The number of imide groups is 1. The third-order valence-corrected chi connectivity index (χ3v) is 2.85. The van der Waals surface area contributed by atoms with Gasteiger partial charge in [-0.2, -0.15) is 0 Å². The fraction of sp³-hybridized carbons (Fsp3) is 0.833. The molecule has 1 atom stereocenters. The van der Waals surface area contributed by atoms with Crippen LogP contribution in [0.2, 0.25) is 0 Å². The maximum atomic E-state index is 11.7. The van der Waals surface area contributed by atoms with Gasteiger partial charge >= 0.3 is 0 Å². The number of amides is 2. The van der Waals surface area contributed by atoms with Crippen LogP contribution >= 0.6 is 0 Å². The number of ether oxygens (including phenoxy) is 2. The van der Waals surface area contributed by atoms with Gasteiger partial charge in [0.1, 0.15) is 0 Å². The Hall–Kier alpha value is -0.980. The van der Waals surface area contributed by atoms with Gasteiger partial charge in [-0.15, -0.1) is 0 Å². The Bertz CT molecular complexity index is 283. The molecule has 0 radical (unpaired) electrons. The van der Waals surface area contributed by atoms with Crippen molar-refractivity contribution in [2.75, 3.05) is 40.0 Å². The predicted molar refractivity (Wildman–Crippen MR) is 66.1 cm³/mol. The second-order valence-electron chi connectivity index (χ2n) is 4.15. The lowest BCUT2D eigenvalue weighted by atomic mass is 10.2. The number of likely N-dealkylation sites (tertiary alicyclic amines) is 1. The molecule has 6 heteroatoms. The van der Waals surface area contributed by atoms with Gasteiger partial charge < -0.3 is 14.8 Å². The smallest absolute Gasteiger partial charge is 0.246 e. The second kappa shape index (κ2) is 8.18. The maximum Gasteiger partial charge on any atom is 0.246 e. The van der Waals surface area contributed by atoms with E-state index >= 15 is 0 Å². The molecule has 0 spiro atoms. The van der Waals surface area contributed by atoms with Gasteiger partial charge in [-0.1, -0.05) is 0 Å². The number of carbonyl (C=O) groups excluding carboxylic acids is 2. The number of rotatable bonds is 9. The molecule has 0 bridgehead atoms. The highest BCUT2D eigenvalue weighted by atomic mass is 16.5. The second-order valence-corrected chi connectivity index (χ2v) is 4.15. The van der Waals surface area contributed by atoms with E-state index in [-0.39, 0.29) is 24.3 Å². The van der Waals surface area contributed by atoms with Gasteiger partial charge in [-0.3, -0.25) is 14.5 Å². The summed E-state index contributed by atoms with van der Waals surface area (Å²) >= 11 is 0. The van der Waals surface area contributed by atoms with Gasteiger partial charge in [0, 0.05) is 20.3 Å². The molecular formula is C12H22N2O4. The van der Waals surface area contributed by atoms with Crippen LogP contribution in [0.5, 0.6) is 0 Å². The Labute approximate surface area is 108 Å². The summed E-state index contributed by atoms with van der Waals surface area (Å²) in [5.41, 5.74) is 0. The first kappa shape index (κ1) is 15.1. The van der Waals surface area contributed by atoms with Crippen molar-refractivity contribution in [3.05, 3.63) is 0 Å². The minimum Gasteiger partial charge on any atom is -0.382 e. The average molecular weight is 258 g/mol. The van der Waals surface area contributed by atoms with Crippen molar-refractivity contribution < 1.29 is 19.1 Å². The zero-order valence-corrected chi connectivity index (χ0v) is 11.1. The molecule has 1 aliphatic heterocycles. The zero-order valence-electron chi connectivity index (χ0n) is 11.1. The highest BCUT2D eigenvalue weighted by Crippen LogP contribution is 2.12. The summed E-state index contributed by atoms with van der Waals surface area (Å²) in [6, 6.07) is -0.351. The largest absolute Gasteiger partial charge is 0.382 e. The molecule has 0 aromatic rings. The molecule has 18 heavy (non-hydrogen) atoms. The number of hydrogen-bond acceptors (Lipinski definition) is 5. The molecule has 1 heterocycles. The fourth-order valence-corrected chi connectivity index (χ4v) is 1.87. The summed E-state index contributed by atoms with van der Waals surface area (Å²) in [7, 11) is 1.63. The lowest BCUT2D eigenvalue weighted by Crippen LogP contribution is -2.39. The van der Waals surface area contributed by atoms with Crippen molar-refractivity contribution in [2.45, 2.75) is 25.8 Å². The van der Waals surface area contributed by atoms with Crippen molar-refractivity contribution in [3.8, 4) is 0 Å². The summed E-state index contributed by atoms with van der Waals surface area (Å²) in [5.74, 6) is -0.195. The Morgan fingerprint density at radius 1 is 1.33 bits per heavy atom. The van der Waals surface area contributed by atoms with Gasteiger partial charge in [0.2, 0.25) is 11.8 Å². The quantitative estimate of drug-likeness (QED) is 0.457. The van der Waals surface area contributed by atoms with Crippen LogP contribution in [0.15, 0.2) is 0 Å². The molecule has 0 aromatic heterocycles. The number of nitrogens with zero attached hydrogens (tertiary/aromatic N) is 1. The summed E-state index contributed by atoms with van der Waals surface area (Å²) in [4.78, 5) is 24.5. The van der Waals surface area contributed by atoms with Crippen LogP contribution < -0.4 is 5.32 Å². The number of methoxy groups -OCH3 is 1. The molecule has 2 amide bonds. The molecule has 1 fully saturated rings. The van der Waals surface area contributed by atoms with Gasteiger partial charge in [0.25, 0.3) is 0 Å². The highest BCUT2D eigenvalue weighted by molar-refractivity contribution is 6.05. The summed E-state index contributed by atoms with van der Waals surface area (Å²) in [6.45, 7) is 4.74. The molecular weight excluding hydrogens is 236 g/mol. The van der Waals surface area contributed by atoms with E-state index in [1.165, 1.54) is 4.90 Å². The first-order chi connectivity index (χ1) is 8.70. The average Bonchev–Trinajstić information content (AvgIpc) is 2.63. The molecule has 104 valence electrons. The molecule has 0 aliphatic carbocycles. The molecule has 0 aromatic carbocycles. The molecule has 0 saturated carbocycles. The van der Waals surface area contributed by atoms with Crippen LogP contribution in [0.25, 0.3) is 0 Å². The third kappa shape index (κ3) is 4.36. The summed E-state index contributed by atoms with van der Waals surface area (Å²) in [6.07, 6.45) is 1.09. The van der Waals surface area contributed by atoms with Gasteiger partial charge in [0.15, 0.2) is 0 Å². The van der Waals surface area contributed by atoms with Gasteiger partial charge in [-0.05, 0) is 19.9 Å². The summed E-state index contributed by atoms with van der Waals surface area (Å²) < 4.78 is 10.2. The van der Waals surface area contributed by atoms with Crippen LogP contribution in [-0.2, 0) is 19.1 Å². The Morgan fingerprint density at radius 2 is 2.11 bits per heavy atom. The number of nitrogens with one attached hydrogen (secondary N) is 1. The lowest BCUT2D eigenvalue weighted by molar-refractivity contribution is -0.138. The van der Waals surface area contributed by atoms with Crippen LogP contribution in [0.3, 0.4) is 0 Å². The van der Waals surface area contributed by atoms with Crippen molar-refractivity contribution in [3.63, 3.8) is 0 Å². The first-order valence-electron chi connectivity index (χ1n) is 6.35. The summed E-state index contributed by atoms with van der Waals surface area (Å²) in [5, 5.41) is 3.09. The SMILES string of the molecule is CCN1C(=O)CC(NCCCOCCOC)C1=O. The van der Waals surface area contributed by atoms with Crippen molar-refractivity contribution in [2.24, 2.45) is 0 Å². The van der Waals surface area contributed by atoms with Crippen LogP contribution in [0, 0.1) is 0 Å². The maximum absolute atomic E-state index is 11.7. The van der Waals surface area contributed by atoms with Gasteiger partial charge in [0.05, 0.1) is 25.7 Å². The molecule has 6 nitrogen and oxygen atoms in total.